The lowest BCUT2D eigenvalue weighted by molar-refractivity contribution is 0.380. The molecule has 1 N–H and O–H groups in total. The van der Waals surface area contributed by atoms with Gasteiger partial charge in [-0.2, -0.15) is 0 Å². The van der Waals surface area contributed by atoms with Crippen LogP contribution in [0.3, 0.4) is 0 Å². The Kier molecular flexibility index (Phi) is 5.53. The summed E-state index contributed by atoms with van der Waals surface area (Å²) in [7, 11) is 0. The van der Waals surface area contributed by atoms with E-state index in [2.05, 4.69) is 48.8 Å². The number of nitrogens with zero attached hydrogens (tertiary/aromatic N) is 2. The van der Waals surface area contributed by atoms with E-state index >= 15 is 0 Å². The van der Waals surface area contributed by atoms with Crippen molar-refractivity contribution in [2.24, 2.45) is 5.92 Å². The van der Waals surface area contributed by atoms with Crippen molar-refractivity contribution in [3.8, 4) is 0 Å². The normalized spacial score (nSPS) is 13.3. The van der Waals surface area contributed by atoms with Crippen LogP contribution < -0.4 is 5.32 Å². The smallest absolute Gasteiger partial charge is 0.126 e. The standard InChI is InChI=1S/C13H25N3/c1-5-7-14-12(11(3)4)13-15-8-10-16(13)9-6-2/h8,10-12,14H,5-7,9H2,1-4H3. The van der Waals surface area contributed by atoms with Crippen molar-refractivity contribution in [1.82, 2.24) is 14.9 Å². The fourth-order valence-electron chi connectivity index (χ4n) is 1.95. The summed E-state index contributed by atoms with van der Waals surface area (Å²) in [4.78, 5) is 4.51. The Hall–Kier alpha value is -0.830. The summed E-state index contributed by atoms with van der Waals surface area (Å²) in [6.07, 6.45) is 6.31. The number of hydrogen-bond acceptors (Lipinski definition) is 2. The maximum atomic E-state index is 4.51. The van der Waals surface area contributed by atoms with Gasteiger partial charge in [0.25, 0.3) is 0 Å². The molecule has 0 bridgehead atoms. The van der Waals surface area contributed by atoms with E-state index in [9.17, 15) is 0 Å². The molecule has 0 saturated carbocycles. The Labute approximate surface area is 99.3 Å². The predicted molar refractivity (Wildman–Crippen MR) is 68.4 cm³/mol. The third-order valence-corrected chi connectivity index (χ3v) is 2.77. The zero-order valence-corrected chi connectivity index (χ0v) is 11.0. The minimum Gasteiger partial charge on any atom is -0.334 e. The first kappa shape index (κ1) is 13.2. The zero-order chi connectivity index (χ0) is 12.0. The molecule has 1 unspecified atom stereocenters. The molecule has 0 amide bonds. The summed E-state index contributed by atoms with van der Waals surface area (Å²) in [5.41, 5.74) is 0. The van der Waals surface area contributed by atoms with Crippen LogP contribution in [0.25, 0.3) is 0 Å². The van der Waals surface area contributed by atoms with E-state index in [-0.39, 0.29) is 0 Å². The Morgan fingerprint density at radius 1 is 1.31 bits per heavy atom. The van der Waals surface area contributed by atoms with Crippen LogP contribution in [0.15, 0.2) is 12.4 Å². The second kappa shape index (κ2) is 6.69. The molecule has 0 aliphatic heterocycles. The molecule has 1 rings (SSSR count). The largest absolute Gasteiger partial charge is 0.334 e. The van der Waals surface area contributed by atoms with Crippen molar-refractivity contribution in [2.75, 3.05) is 6.54 Å². The number of aryl methyl sites for hydroxylation is 1. The fourth-order valence-corrected chi connectivity index (χ4v) is 1.95. The monoisotopic (exact) mass is 223 g/mol. The highest BCUT2D eigenvalue weighted by atomic mass is 15.1. The topological polar surface area (TPSA) is 29.9 Å². The fraction of sp³-hybridized carbons (Fsp3) is 0.769. The molecule has 0 spiro atoms. The Morgan fingerprint density at radius 3 is 2.62 bits per heavy atom. The molecule has 3 nitrogen and oxygen atoms in total. The minimum absolute atomic E-state index is 0.376. The average molecular weight is 223 g/mol. The van der Waals surface area contributed by atoms with Crippen LogP contribution in [-0.4, -0.2) is 16.1 Å². The van der Waals surface area contributed by atoms with Crippen LogP contribution in [0.4, 0.5) is 0 Å². The van der Waals surface area contributed by atoms with E-state index < -0.39 is 0 Å². The van der Waals surface area contributed by atoms with Gasteiger partial charge in [0.1, 0.15) is 5.82 Å². The maximum absolute atomic E-state index is 4.51. The van der Waals surface area contributed by atoms with Crippen molar-refractivity contribution < 1.29 is 0 Å². The van der Waals surface area contributed by atoms with E-state index in [1.807, 2.05) is 6.20 Å². The van der Waals surface area contributed by atoms with Gasteiger partial charge in [0, 0.05) is 18.9 Å². The van der Waals surface area contributed by atoms with Gasteiger partial charge in [-0.25, -0.2) is 4.98 Å². The van der Waals surface area contributed by atoms with Crippen molar-refractivity contribution in [2.45, 2.75) is 53.1 Å². The molecule has 3 heteroatoms. The predicted octanol–water partition coefficient (Wildman–Crippen LogP) is 2.99. The Morgan fingerprint density at radius 2 is 2.06 bits per heavy atom. The highest BCUT2D eigenvalue weighted by Crippen LogP contribution is 2.20. The summed E-state index contributed by atoms with van der Waals surface area (Å²) < 4.78 is 2.27. The van der Waals surface area contributed by atoms with Crippen molar-refractivity contribution >= 4 is 0 Å². The molecular formula is C13H25N3. The molecule has 1 atom stereocenters. The molecule has 0 fully saturated rings. The summed E-state index contributed by atoms with van der Waals surface area (Å²) in [6.45, 7) is 11.0. The first-order valence-electron chi connectivity index (χ1n) is 6.45. The van der Waals surface area contributed by atoms with E-state index in [0.29, 0.717) is 12.0 Å². The van der Waals surface area contributed by atoms with Crippen LogP contribution in [0.1, 0.15) is 52.4 Å². The van der Waals surface area contributed by atoms with Crippen LogP contribution >= 0.6 is 0 Å². The quantitative estimate of drug-likeness (QED) is 0.770. The van der Waals surface area contributed by atoms with Crippen molar-refractivity contribution in [3.63, 3.8) is 0 Å². The van der Waals surface area contributed by atoms with Gasteiger partial charge in [-0.15, -0.1) is 0 Å². The van der Waals surface area contributed by atoms with Gasteiger partial charge in [-0.05, 0) is 25.3 Å². The van der Waals surface area contributed by atoms with Gasteiger partial charge in [0.05, 0.1) is 6.04 Å². The van der Waals surface area contributed by atoms with Crippen LogP contribution in [-0.2, 0) is 6.54 Å². The second-order valence-electron chi connectivity index (χ2n) is 4.65. The number of hydrogen-bond donors (Lipinski definition) is 1. The molecule has 0 radical (unpaired) electrons. The van der Waals surface area contributed by atoms with Crippen LogP contribution in [0.5, 0.6) is 0 Å². The molecule has 1 aromatic rings. The Bertz CT molecular complexity index is 291. The first-order valence-corrected chi connectivity index (χ1v) is 6.45. The summed E-state index contributed by atoms with van der Waals surface area (Å²) in [6, 6.07) is 0.376. The molecule has 92 valence electrons. The summed E-state index contributed by atoms with van der Waals surface area (Å²) >= 11 is 0. The highest BCUT2D eigenvalue weighted by Gasteiger charge is 2.19. The van der Waals surface area contributed by atoms with E-state index in [4.69, 9.17) is 0 Å². The van der Waals surface area contributed by atoms with Gasteiger partial charge in [0.15, 0.2) is 0 Å². The van der Waals surface area contributed by atoms with Crippen LogP contribution in [0.2, 0.25) is 0 Å². The van der Waals surface area contributed by atoms with E-state index in [1.165, 1.54) is 5.82 Å². The Balaban J connectivity index is 2.78. The molecule has 0 aliphatic rings. The third kappa shape index (κ3) is 3.34. The lowest BCUT2D eigenvalue weighted by Gasteiger charge is -2.22. The third-order valence-electron chi connectivity index (χ3n) is 2.77. The molecule has 16 heavy (non-hydrogen) atoms. The van der Waals surface area contributed by atoms with Gasteiger partial charge in [-0.1, -0.05) is 27.7 Å². The highest BCUT2D eigenvalue weighted by molar-refractivity contribution is 5.00. The SMILES string of the molecule is CCCNC(c1nccn1CCC)C(C)C. The number of nitrogens with one attached hydrogen (secondary N) is 1. The number of aromatic nitrogens is 2. The van der Waals surface area contributed by atoms with E-state index in [0.717, 1.165) is 25.9 Å². The molecule has 0 aromatic carbocycles. The number of rotatable bonds is 7. The van der Waals surface area contributed by atoms with Gasteiger partial charge in [0.2, 0.25) is 0 Å². The zero-order valence-electron chi connectivity index (χ0n) is 11.0. The van der Waals surface area contributed by atoms with Gasteiger partial charge < -0.3 is 9.88 Å². The number of imidazole rings is 1. The lowest BCUT2D eigenvalue weighted by atomic mass is 10.0. The van der Waals surface area contributed by atoms with Crippen molar-refractivity contribution in [1.29, 1.82) is 0 Å². The molecule has 1 heterocycles. The van der Waals surface area contributed by atoms with E-state index in [1.54, 1.807) is 0 Å². The second-order valence-corrected chi connectivity index (χ2v) is 4.65. The maximum Gasteiger partial charge on any atom is 0.126 e. The minimum atomic E-state index is 0.376. The molecular weight excluding hydrogens is 198 g/mol. The van der Waals surface area contributed by atoms with Gasteiger partial charge in [-0.3, -0.25) is 0 Å². The lowest BCUT2D eigenvalue weighted by Crippen LogP contribution is -2.29. The molecule has 0 aliphatic carbocycles. The molecule has 1 aromatic heterocycles. The average Bonchev–Trinajstić information content (AvgIpc) is 2.67. The summed E-state index contributed by atoms with van der Waals surface area (Å²) in [5, 5.41) is 3.59. The van der Waals surface area contributed by atoms with Crippen LogP contribution in [0, 0.1) is 5.92 Å². The first-order chi connectivity index (χ1) is 7.70. The van der Waals surface area contributed by atoms with Gasteiger partial charge >= 0.3 is 0 Å². The molecule has 0 saturated heterocycles. The van der Waals surface area contributed by atoms with Crippen molar-refractivity contribution in [3.05, 3.63) is 18.2 Å². The summed E-state index contributed by atoms with van der Waals surface area (Å²) in [5.74, 6) is 1.76.